The van der Waals surface area contributed by atoms with E-state index in [2.05, 4.69) is 10.6 Å². The summed E-state index contributed by atoms with van der Waals surface area (Å²) in [5.74, 6) is 0.0864. The van der Waals surface area contributed by atoms with Crippen molar-refractivity contribution in [3.8, 4) is 0 Å². The molecule has 124 valence electrons. The molecule has 3 N–H and O–H groups in total. The first-order valence-electron chi connectivity index (χ1n) is 7.31. The van der Waals surface area contributed by atoms with Crippen LogP contribution in [-0.4, -0.2) is 29.6 Å². The second-order valence-corrected chi connectivity index (χ2v) is 6.41. The average Bonchev–Trinajstić information content (AvgIpc) is 2.80. The third kappa shape index (κ3) is 5.55. The van der Waals surface area contributed by atoms with Crippen LogP contribution in [0.5, 0.6) is 0 Å². The molecule has 0 spiro atoms. The fourth-order valence-electron chi connectivity index (χ4n) is 2.81. The maximum Gasteiger partial charge on any atom is 0.220 e. The second-order valence-electron chi connectivity index (χ2n) is 6.41. The number of halogens is 2. The highest BCUT2D eigenvalue weighted by Gasteiger charge is 2.29. The summed E-state index contributed by atoms with van der Waals surface area (Å²) in [4.78, 5) is 11.2. The second kappa shape index (κ2) is 7.90. The van der Waals surface area contributed by atoms with Crippen molar-refractivity contribution < 1.29 is 14.3 Å². The Morgan fingerprint density at radius 2 is 2.23 bits per heavy atom. The molecule has 1 aromatic carbocycles. The number of carbonyl (C=O) groups is 1. The van der Waals surface area contributed by atoms with Crippen molar-refractivity contribution in [1.29, 1.82) is 0 Å². The standard InChI is InChI=1S/C16H23FN2O2.ClH/c1-16(2,8-11-6-15(21)18-9-11)19-10-14(20)12-4-3-5-13(17)7-12;/h3-5,7,11,14,19-20H,6,8-10H2,1-2H3,(H,18,21);1H/t11-,14+;/m1./s1. The zero-order chi connectivity index (χ0) is 15.5. The van der Waals surface area contributed by atoms with Gasteiger partial charge < -0.3 is 15.7 Å². The van der Waals surface area contributed by atoms with Gasteiger partial charge in [0.2, 0.25) is 5.91 Å². The van der Waals surface area contributed by atoms with Crippen LogP contribution in [0.3, 0.4) is 0 Å². The minimum absolute atomic E-state index is 0. The lowest BCUT2D eigenvalue weighted by Crippen LogP contribution is -2.43. The Hall–Kier alpha value is -1.17. The molecule has 0 radical (unpaired) electrons. The first kappa shape index (κ1) is 18.9. The Morgan fingerprint density at radius 1 is 1.50 bits per heavy atom. The van der Waals surface area contributed by atoms with Crippen LogP contribution in [0.1, 0.15) is 38.4 Å². The van der Waals surface area contributed by atoms with E-state index in [0.29, 0.717) is 24.4 Å². The van der Waals surface area contributed by atoms with E-state index >= 15 is 0 Å². The first-order valence-corrected chi connectivity index (χ1v) is 7.31. The summed E-state index contributed by atoms with van der Waals surface area (Å²) in [7, 11) is 0. The quantitative estimate of drug-likeness (QED) is 0.749. The van der Waals surface area contributed by atoms with Crippen LogP contribution in [0.2, 0.25) is 0 Å². The SMILES string of the molecule is CC(C)(C[C@@H]1CNC(=O)C1)NC[C@H](O)c1cccc(F)c1.Cl. The monoisotopic (exact) mass is 330 g/mol. The molecule has 4 nitrogen and oxygen atoms in total. The molecule has 0 bridgehead atoms. The molecule has 1 heterocycles. The van der Waals surface area contributed by atoms with Gasteiger partial charge in [0.05, 0.1) is 6.10 Å². The number of rotatable bonds is 6. The highest BCUT2D eigenvalue weighted by Crippen LogP contribution is 2.23. The molecule has 0 aliphatic carbocycles. The summed E-state index contributed by atoms with van der Waals surface area (Å²) in [5, 5.41) is 16.3. The molecule has 1 aliphatic heterocycles. The number of carbonyl (C=O) groups excluding carboxylic acids is 1. The number of benzene rings is 1. The molecule has 1 fully saturated rings. The lowest BCUT2D eigenvalue weighted by atomic mass is 9.89. The molecule has 0 unspecified atom stereocenters. The van der Waals surface area contributed by atoms with E-state index in [1.54, 1.807) is 12.1 Å². The van der Waals surface area contributed by atoms with Crippen molar-refractivity contribution in [2.45, 2.75) is 38.3 Å². The van der Waals surface area contributed by atoms with Crippen LogP contribution in [0.15, 0.2) is 24.3 Å². The van der Waals surface area contributed by atoms with E-state index in [0.717, 1.165) is 13.0 Å². The summed E-state index contributed by atoms with van der Waals surface area (Å²) >= 11 is 0. The maximum absolute atomic E-state index is 13.1. The number of β-amino-alcohol motifs (C(OH)–C–C–N with tert-alkyl or cyclic N) is 1. The van der Waals surface area contributed by atoms with Gasteiger partial charge in [0.25, 0.3) is 0 Å². The van der Waals surface area contributed by atoms with Gasteiger partial charge in [-0.1, -0.05) is 12.1 Å². The van der Waals surface area contributed by atoms with Gasteiger partial charge in [0.15, 0.2) is 0 Å². The normalized spacial score (nSPS) is 19.5. The molecule has 22 heavy (non-hydrogen) atoms. The largest absolute Gasteiger partial charge is 0.387 e. The first-order chi connectivity index (χ1) is 9.85. The molecule has 2 rings (SSSR count). The van der Waals surface area contributed by atoms with Crippen LogP contribution < -0.4 is 10.6 Å². The minimum Gasteiger partial charge on any atom is -0.387 e. The molecule has 1 aromatic rings. The van der Waals surface area contributed by atoms with Gasteiger partial charge in [-0.05, 0) is 43.9 Å². The summed E-state index contributed by atoms with van der Waals surface area (Å²) < 4.78 is 13.1. The zero-order valence-corrected chi connectivity index (χ0v) is 13.8. The Balaban J connectivity index is 0.00000242. The third-order valence-electron chi connectivity index (χ3n) is 3.87. The van der Waals surface area contributed by atoms with Crippen molar-refractivity contribution in [1.82, 2.24) is 10.6 Å². The van der Waals surface area contributed by atoms with Crippen LogP contribution in [0, 0.1) is 11.7 Å². The molecular weight excluding hydrogens is 307 g/mol. The fraction of sp³-hybridized carbons (Fsp3) is 0.562. The Bertz CT molecular complexity index is 511. The van der Waals surface area contributed by atoms with Gasteiger partial charge >= 0.3 is 0 Å². The van der Waals surface area contributed by atoms with Gasteiger partial charge in [-0.3, -0.25) is 4.79 Å². The molecule has 1 aliphatic rings. The number of hydrogen-bond donors (Lipinski definition) is 3. The van der Waals surface area contributed by atoms with Crippen LogP contribution in [-0.2, 0) is 4.79 Å². The number of aliphatic hydroxyl groups excluding tert-OH is 1. The van der Waals surface area contributed by atoms with E-state index < -0.39 is 6.10 Å². The highest BCUT2D eigenvalue weighted by atomic mass is 35.5. The number of aliphatic hydroxyl groups is 1. The predicted molar refractivity (Wildman–Crippen MR) is 86.4 cm³/mol. The predicted octanol–water partition coefficient (Wildman–Crippen LogP) is 2.18. The topological polar surface area (TPSA) is 61.4 Å². The van der Waals surface area contributed by atoms with Gasteiger partial charge in [-0.15, -0.1) is 12.4 Å². The molecule has 1 amide bonds. The third-order valence-corrected chi connectivity index (χ3v) is 3.87. The van der Waals surface area contributed by atoms with E-state index in [4.69, 9.17) is 0 Å². The number of nitrogens with one attached hydrogen (secondary N) is 2. The van der Waals surface area contributed by atoms with Crippen molar-refractivity contribution in [2.75, 3.05) is 13.1 Å². The van der Waals surface area contributed by atoms with E-state index in [1.807, 2.05) is 13.8 Å². The smallest absolute Gasteiger partial charge is 0.220 e. The summed E-state index contributed by atoms with van der Waals surface area (Å²) in [6.45, 7) is 5.17. The van der Waals surface area contributed by atoms with E-state index in [-0.39, 0.29) is 29.7 Å². The van der Waals surface area contributed by atoms with Crippen molar-refractivity contribution in [3.63, 3.8) is 0 Å². The highest BCUT2D eigenvalue weighted by molar-refractivity contribution is 5.85. The Morgan fingerprint density at radius 3 is 2.82 bits per heavy atom. The zero-order valence-electron chi connectivity index (χ0n) is 12.9. The average molecular weight is 331 g/mol. The summed E-state index contributed by atoms with van der Waals surface area (Å²) in [5.41, 5.74) is 0.377. The van der Waals surface area contributed by atoms with Gasteiger partial charge in [-0.25, -0.2) is 4.39 Å². The van der Waals surface area contributed by atoms with Gasteiger partial charge in [0, 0.05) is 25.0 Å². The van der Waals surface area contributed by atoms with Crippen LogP contribution in [0.4, 0.5) is 4.39 Å². The van der Waals surface area contributed by atoms with Crippen LogP contribution in [0.25, 0.3) is 0 Å². The molecule has 1 saturated heterocycles. The fourth-order valence-corrected chi connectivity index (χ4v) is 2.81. The molecule has 2 atom stereocenters. The number of hydrogen-bond acceptors (Lipinski definition) is 3. The lowest BCUT2D eigenvalue weighted by molar-refractivity contribution is -0.119. The number of amides is 1. The summed E-state index contributed by atoms with van der Waals surface area (Å²) in [6.07, 6.45) is 0.669. The molecule has 6 heteroatoms. The van der Waals surface area contributed by atoms with Crippen LogP contribution >= 0.6 is 12.4 Å². The van der Waals surface area contributed by atoms with Crippen molar-refractivity contribution in [3.05, 3.63) is 35.6 Å². The molecule has 0 aromatic heterocycles. The van der Waals surface area contributed by atoms with Crippen molar-refractivity contribution >= 4 is 18.3 Å². The Labute approximate surface area is 136 Å². The lowest BCUT2D eigenvalue weighted by Gasteiger charge is -2.30. The Kier molecular flexibility index (Phi) is 6.78. The van der Waals surface area contributed by atoms with Gasteiger partial charge in [0.1, 0.15) is 5.82 Å². The molecule has 0 saturated carbocycles. The minimum atomic E-state index is -0.747. The van der Waals surface area contributed by atoms with E-state index in [1.165, 1.54) is 12.1 Å². The van der Waals surface area contributed by atoms with E-state index in [9.17, 15) is 14.3 Å². The van der Waals surface area contributed by atoms with Gasteiger partial charge in [-0.2, -0.15) is 0 Å². The summed E-state index contributed by atoms with van der Waals surface area (Å²) in [6, 6.07) is 6.01. The van der Waals surface area contributed by atoms with Crippen molar-refractivity contribution in [2.24, 2.45) is 5.92 Å². The molecular formula is C16H24ClFN2O2. The maximum atomic E-state index is 13.1.